The average Bonchev–Trinajstić information content (AvgIpc) is 2.36. The Bertz CT molecular complexity index is 749. The predicted molar refractivity (Wildman–Crippen MR) is 73.9 cm³/mol. The van der Waals surface area contributed by atoms with Gasteiger partial charge in [0, 0.05) is 24.0 Å². The molecule has 1 N–H and O–H groups in total. The number of anilines is 1. The van der Waals surface area contributed by atoms with E-state index in [1.54, 1.807) is 13.2 Å². The predicted octanol–water partition coefficient (Wildman–Crippen LogP) is 2.84. The van der Waals surface area contributed by atoms with Gasteiger partial charge in [-0.15, -0.1) is 0 Å². The molecule has 0 aliphatic carbocycles. The van der Waals surface area contributed by atoms with Gasteiger partial charge in [-0.3, -0.25) is 0 Å². The van der Waals surface area contributed by atoms with Gasteiger partial charge >= 0.3 is 0 Å². The van der Waals surface area contributed by atoms with Crippen LogP contribution in [-0.2, 0) is 0 Å². The molecule has 0 bridgehead atoms. The Hall–Kier alpha value is -2.23. The first-order valence-electron chi connectivity index (χ1n) is 5.90. The van der Waals surface area contributed by atoms with Crippen LogP contribution in [0.25, 0.3) is 21.9 Å². The van der Waals surface area contributed by atoms with Gasteiger partial charge in [0.2, 0.25) is 5.95 Å². The normalized spacial score (nSPS) is 11.1. The monoisotopic (exact) mass is 238 g/mol. The number of pyridine rings is 1. The van der Waals surface area contributed by atoms with Gasteiger partial charge in [0.05, 0.1) is 5.52 Å². The summed E-state index contributed by atoms with van der Waals surface area (Å²) >= 11 is 0. The van der Waals surface area contributed by atoms with Crippen LogP contribution >= 0.6 is 0 Å². The molecule has 0 unspecified atom stereocenters. The Balaban J connectivity index is 2.39. The summed E-state index contributed by atoms with van der Waals surface area (Å²) in [5, 5.41) is 5.03. The van der Waals surface area contributed by atoms with Crippen LogP contribution in [0, 0.1) is 13.8 Å². The molecule has 0 aliphatic rings. The fraction of sp³-hybridized carbons (Fsp3) is 0.214. The van der Waals surface area contributed by atoms with Crippen LogP contribution < -0.4 is 5.32 Å². The molecule has 1 aromatic carbocycles. The van der Waals surface area contributed by atoms with Crippen LogP contribution in [0.15, 0.2) is 24.4 Å². The SMILES string of the molecule is CNc1ncc2cc3cc(C)cc(C)c3nc2n1. The molecule has 0 atom stereocenters. The van der Waals surface area contributed by atoms with E-state index in [9.17, 15) is 0 Å². The Morgan fingerprint density at radius 1 is 1.00 bits per heavy atom. The Morgan fingerprint density at radius 2 is 1.83 bits per heavy atom. The van der Waals surface area contributed by atoms with E-state index in [1.165, 1.54) is 11.1 Å². The van der Waals surface area contributed by atoms with E-state index >= 15 is 0 Å². The molecular weight excluding hydrogens is 224 g/mol. The topological polar surface area (TPSA) is 50.7 Å². The van der Waals surface area contributed by atoms with Crippen LogP contribution in [0.2, 0.25) is 0 Å². The Kier molecular flexibility index (Phi) is 2.37. The highest BCUT2D eigenvalue weighted by molar-refractivity contribution is 5.92. The second-order valence-corrected chi connectivity index (χ2v) is 4.50. The molecule has 0 amide bonds. The van der Waals surface area contributed by atoms with Crippen LogP contribution in [-0.4, -0.2) is 22.0 Å². The second kappa shape index (κ2) is 3.91. The van der Waals surface area contributed by atoms with Crippen molar-refractivity contribution in [3.63, 3.8) is 0 Å². The fourth-order valence-electron chi connectivity index (χ4n) is 2.22. The molecule has 0 saturated carbocycles. The first-order chi connectivity index (χ1) is 8.67. The number of hydrogen-bond donors (Lipinski definition) is 1. The third-order valence-corrected chi connectivity index (χ3v) is 3.02. The summed E-state index contributed by atoms with van der Waals surface area (Å²) in [4.78, 5) is 13.2. The number of aryl methyl sites for hydroxylation is 2. The average molecular weight is 238 g/mol. The molecule has 0 aliphatic heterocycles. The lowest BCUT2D eigenvalue weighted by Crippen LogP contribution is -1.97. The summed E-state index contributed by atoms with van der Waals surface area (Å²) < 4.78 is 0. The molecular formula is C14H14N4. The molecule has 0 saturated heterocycles. The van der Waals surface area contributed by atoms with Crippen LogP contribution in [0.3, 0.4) is 0 Å². The van der Waals surface area contributed by atoms with E-state index in [-0.39, 0.29) is 0 Å². The van der Waals surface area contributed by atoms with E-state index in [2.05, 4.69) is 52.3 Å². The fourth-order valence-corrected chi connectivity index (χ4v) is 2.22. The van der Waals surface area contributed by atoms with E-state index in [4.69, 9.17) is 0 Å². The van der Waals surface area contributed by atoms with Gasteiger partial charge in [-0.2, -0.15) is 4.98 Å². The minimum atomic E-state index is 0.596. The zero-order chi connectivity index (χ0) is 12.7. The van der Waals surface area contributed by atoms with Gasteiger partial charge in [-0.1, -0.05) is 11.6 Å². The molecule has 2 aromatic heterocycles. The van der Waals surface area contributed by atoms with Crippen molar-refractivity contribution in [1.82, 2.24) is 15.0 Å². The number of benzene rings is 1. The molecule has 2 heterocycles. The van der Waals surface area contributed by atoms with Crippen molar-refractivity contribution in [2.45, 2.75) is 13.8 Å². The number of fused-ring (bicyclic) bond motifs is 2. The highest BCUT2D eigenvalue weighted by Crippen LogP contribution is 2.22. The summed E-state index contributed by atoms with van der Waals surface area (Å²) in [6.45, 7) is 4.17. The number of nitrogens with zero attached hydrogens (tertiary/aromatic N) is 3. The number of rotatable bonds is 1. The molecule has 3 aromatic rings. The quantitative estimate of drug-likeness (QED) is 0.662. The highest BCUT2D eigenvalue weighted by atomic mass is 15.1. The molecule has 4 heteroatoms. The van der Waals surface area contributed by atoms with E-state index in [0.717, 1.165) is 21.9 Å². The van der Waals surface area contributed by atoms with Gasteiger partial charge in [-0.05, 0) is 31.5 Å². The first kappa shape index (κ1) is 10.9. The van der Waals surface area contributed by atoms with Gasteiger partial charge in [0.25, 0.3) is 0 Å². The number of nitrogens with one attached hydrogen (secondary N) is 1. The van der Waals surface area contributed by atoms with E-state index in [0.29, 0.717) is 5.95 Å². The van der Waals surface area contributed by atoms with Crippen molar-refractivity contribution >= 4 is 27.9 Å². The summed E-state index contributed by atoms with van der Waals surface area (Å²) in [6, 6.07) is 6.37. The van der Waals surface area contributed by atoms with E-state index in [1.807, 2.05) is 0 Å². The smallest absolute Gasteiger partial charge is 0.224 e. The lowest BCUT2D eigenvalue weighted by Gasteiger charge is -2.06. The van der Waals surface area contributed by atoms with E-state index < -0.39 is 0 Å². The van der Waals surface area contributed by atoms with Gasteiger partial charge in [-0.25, -0.2) is 9.97 Å². The largest absolute Gasteiger partial charge is 0.357 e. The maximum Gasteiger partial charge on any atom is 0.224 e. The van der Waals surface area contributed by atoms with Gasteiger partial charge in [0.15, 0.2) is 5.65 Å². The summed E-state index contributed by atoms with van der Waals surface area (Å²) in [5.41, 5.74) is 4.16. The first-order valence-corrected chi connectivity index (χ1v) is 5.90. The van der Waals surface area contributed by atoms with Crippen molar-refractivity contribution in [2.24, 2.45) is 0 Å². The lowest BCUT2D eigenvalue weighted by molar-refractivity contribution is 1.17. The van der Waals surface area contributed by atoms with Crippen LogP contribution in [0.5, 0.6) is 0 Å². The zero-order valence-corrected chi connectivity index (χ0v) is 10.7. The summed E-state index contributed by atoms with van der Waals surface area (Å²) in [5.74, 6) is 0.596. The van der Waals surface area contributed by atoms with Crippen molar-refractivity contribution in [2.75, 3.05) is 12.4 Å². The van der Waals surface area contributed by atoms with Crippen molar-refractivity contribution in [3.05, 3.63) is 35.5 Å². The van der Waals surface area contributed by atoms with Crippen molar-refractivity contribution in [1.29, 1.82) is 0 Å². The molecule has 18 heavy (non-hydrogen) atoms. The zero-order valence-electron chi connectivity index (χ0n) is 10.7. The molecule has 0 fully saturated rings. The maximum atomic E-state index is 4.64. The standard InChI is InChI=1S/C14H14N4/c1-8-4-9(2)12-10(5-8)6-11-7-16-14(15-3)18-13(11)17-12/h4-7H,1-3H3,(H,15,16,17,18). The van der Waals surface area contributed by atoms with Crippen LogP contribution in [0.4, 0.5) is 5.95 Å². The Morgan fingerprint density at radius 3 is 2.61 bits per heavy atom. The minimum absolute atomic E-state index is 0.596. The third-order valence-electron chi connectivity index (χ3n) is 3.02. The molecule has 3 rings (SSSR count). The van der Waals surface area contributed by atoms with Gasteiger partial charge in [0.1, 0.15) is 0 Å². The highest BCUT2D eigenvalue weighted by Gasteiger charge is 2.05. The van der Waals surface area contributed by atoms with Crippen molar-refractivity contribution in [3.8, 4) is 0 Å². The lowest BCUT2D eigenvalue weighted by atomic mass is 10.1. The van der Waals surface area contributed by atoms with Crippen molar-refractivity contribution < 1.29 is 0 Å². The molecule has 0 radical (unpaired) electrons. The molecule has 90 valence electrons. The maximum absolute atomic E-state index is 4.64. The summed E-state index contributed by atoms with van der Waals surface area (Å²) in [7, 11) is 1.80. The number of aromatic nitrogens is 3. The van der Waals surface area contributed by atoms with Gasteiger partial charge < -0.3 is 5.32 Å². The molecule has 4 nitrogen and oxygen atoms in total. The number of hydrogen-bond acceptors (Lipinski definition) is 4. The summed E-state index contributed by atoms with van der Waals surface area (Å²) in [6.07, 6.45) is 1.80. The minimum Gasteiger partial charge on any atom is -0.357 e. The van der Waals surface area contributed by atoms with Crippen LogP contribution in [0.1, 0.15) is 11.1 Å². The third kappa shape index (κ3) is 1.66. The Labute approximate surface area is 105 Å². The second-order valence-electron chi connectivity index (χ2n) is 4.50. The molecule has 0 spiro atoms.